The fourth-order valence-corrected chi connectivity index (χ4v) is 2.66. The van der Waals surface area contributed by atoms with Gasteiger partial charge in [0.2, 0.25) is 12.3 Å². The number of nitrogens with one attached hydrogen (secondary N) is 1. The highest BCUT2D eigenvalue weighted by molar-refractivity contribution is 5.90. The molecule has 1 aromatic heterocycles. The molecule has 0 saturated carbocycles. The summed E-state index contributed by atoms with van der Waals surface area (Å²) in [6.45, 7) is -0.0134. The number of nitrogens with zero attached hydrogens (tertiary/aromatic N) is 3. The second kappa shape index (κ2) is 6.50. The van der Waals surface area contributed by atoms with E-state index in [4.69, 9.17) is 4.42 Å². The SMILES string of the molecule is O=C(Nc1cccc(-c2nnco2)c1)N1CCCC(C(F)(F)F)C1. The predicted octanol–water partition coefficient (Wildman–Crippen LogP) is 3.54. The molecule has 0 radical (unpaired) electrons. The van der Waals surface area contributed by atoms with Crippen LogP contribution in [0.25, 0.3) is 11.5 Å². The van der Waals surface area contributed by atoms with Crippen LogP contribution in [0.5, 0.6) is 0 Å². The van der Waals surface area contributed by atoms with Crippen LogP contribution in [0.4, 0.5) is 23.7 Å². The number of carbonyl (C=O) groups is 1. The van der Waals surface area contributed by atoms with Crippen molar-refractivity contribution in [3.8, 4) is 11.5 Å². The Hall–Kier alpha value is -2.58. The molecule has 0 aliphatic carbocycles. The van der Waals surface area contributed by atoms with Crippen LogP contribution >= 0.6 is 0 Å². The molecule has 1 aliphatic rings. The van der Waals surface area contributed by atoms with Crippen molar-refractivity contribution in [2.24, 2.45) is 5.92 Å². The number of aromatic nitrogens is 2. The van der Waals surface area contributed by atoms with Crippen LogP contribution in [0.2, 0.25) is 0 Å². The number of halogens is 3. The largest absolute Gasteiger partial charge is 0.423 e. The average molecular weight is 340 g/mol. The lowest BCUT2D eigenvalue weighted by Crippen LogP contribution is -2.46. The molecule has 9 heteroatoms. The van der Waals surface area contributed by atoms with E-state index in [-0.39, 0.29) is 13.0 Å². The molecule has 2 heterocycles. The minimum atomic E-state index is -4.28. The van der Waals surface area contributed by atoms with E-state index in [2.05, 4.69) is 15.5 Å². The van der Waals surface area contributed by atoms with Gasteiger partial charge in [0.15, 0.2) is 0 Å². The van der Waals surface area contributed by atoms with E-state index in [0.29, 0.717) is 30.1 Å². The highest BCUT2D eigenvalue weighted by Gasteiger charge is 2.42. The topological polar surface area (TPSA) is 71.3 Å². The summed E-state index contributed by atoms with van der Waals surface area (Å²) in [6.07, 6.45) is -2.71. The Morgan fingerprint density at radius 1 is 1.38 bits per heavy atom. The molecule has 2 amide bonds. The maximum Gasteiger partial charge on any atom is 0.393 e. The Morgan fingerprint density at radius 3 is 2.92 bits per heavy atom. The number of benzene rings is 1. The van der Waals surface area contributed by atoms with Crippen LogP contribution in [-0.2, 0) is 0 Å². The number of rotatable bonds is 2. The van der Waals surface area contributed by atoms with Crippen molar-refractivity contribution >= 4 is 11.7 Å². The summed E-state index contributed by atoms with van der Waals surface area (Å²) in [5.74, 6) is -1.18. The van der Waals surface area contributed by atoms with Gasteiger partial charge in [0, 0.05) is 24.3 Å². The van der Waals surface area contributed by atoms with Gasteiger partial charge >= 0.3 is 12.2 Å². The minimum Gasteiger partial charge on any atom is -0.423 e. The summed E-state index contributed by atoms with van der Waals surface area (Å²) in [6, 6.07) is 6.12. The van der Waals surface area contributed by atoms with Gasteiger partial charge in [0.05, 0.1) is 5.92 Å². The predicted molar refractivity (Wildman–Crippen MR) is 79.1 cm³/mol. The summed E-state index contributed by atoms with van der Waals surface area (Å²) in [4.78, 5) is 13.4. The highest BCUT2D eigenvalue weighted by atomic mass is 19.4. The molecule has 1 aliphatic heterocycles. The van der Waals surface area contributed by atoms with Crippen molar-refractivity contribution in [2.75, 3.05) is 18.4 Å². The van der Waals surface area contributed by atoms with Gasteiger partial charge in [-0.1, -0.05) is 6.07 Å². The number of urea groups is 1. The first-order valence-corrected chi connectivity index (χ1v) is 7.43. The molecule has 1 N–H and O–H groups in total. The van der Waals surface area contributed by atoms with Crippen LogP contribution < -0.4 is 5.32 Å². The Bertz CT molecular complexity index is 703. The molecule has 1 aromatic carbocycles. The van der Waals surface area contributed by atoms with Crippen LogP contribution in [0.3, 0.4) is 0 Å². The molecule has 1 saturated heterocycles. The van der Waals surface area contributed by atoms with Gasteiger partial charge in [-0.2, -0.15) is 13.2 Å². The standard InChI is InChI=1S/C15H15F3N4O2/c16-15(17,18)11-4-2-6-22(8-11)14(23)20-12-5-1-3-10(7-12)13-21-19-9-24-13/h1,3,5,7,9,11H,2,4,6,8H2,(H,20,23). The third kappa shape index (κ3) is 3.66. The average Bonchev–Trinajstić information content (AvgIpc) is 3.09. The maximum absolute atomic E-state index is 12.8. The van der Waals surface area contributed by atoms with Crippen LogP contribution in [0, 0.1) is 5.92 Å². The van der Waals surface area contributed by atoms with Crippen LogP contribution in [0.15, 0.2) is 35.1 Å². The minimum absolute atomic E-state index is 0.0555. The summed E-state index contributed by atoms with van der Waals surface area (Å²) >= 11 is 0. The molecule has 1 fully saturated rings. The molecule has 0 bridgehead atoms. The number of amides is 2. The number of alkyl halides is 3. The zero-order valence-electron chi connectivity index (χ0n) is 12.6. The first-order chi connectivity index (χ1) is 11.4. The third-order valence-corrected chi connectivity index (χ3v) is 3.89. The molecule has 0 spiro atoms. The second-order valence-corrected chi connectivity index (χ2v) is 5.58. The van der Waals surface area contributed by atoms with Crippen molar-refractivity contribution < 1.29 is 22.4 Å². The van der Waals surface area contributed by atoms with Gasteiger partial charge in [0.1, 0.15) is 0 Å². The van der Waals surface area contributed by atoms with Crippen molar-refractivity contribution in [1.82, 2.24) is 15.1 Å². The molecular formula is C15H15F3N4O2. The Balaban J connectivity index is 1.68. The molecule has 1 atom stereocenters. The number of carbonyl (C=O) groups excluding carboxylic acids is 1. The van der Waals surface area contributed by atoms with E-state index in [0.717, 1.165) is 0 Å². The van der Waals surface area contributed by atoms with Crippen LogP contribution in [-0.4, -0.2) is 40.4 Å². The number of piperidine rings is 1. The van der Waals surface area contributed by atoms with Gasteiger partial charge in [-0.3, -0.25) is 0 Å². The van der Waals surface area contributed by atoms with Gasteiger partial charge in [-0.15, -0.1) is 10.2 Å². The van der Waals surface area contributed by atoms with Crippen molar-refractivity contribution in [3.63, 3.8) is 0 Å². The van der Waals surface area contributed by atoms with E-state index in [1.54, 1.807) is 24.3 Å². The molecule has 2 aromatic rings. The Labute approximate surface area is 135 Å². The summed E-state index contributed by atoms with van der Waals surface area (Å²) in [5.41, 5.74) is 1.06. The van der Waals surface area contributed by atoms with Gasteiger partial charge < -0.3 is 14.6 Å². The number of anilines is 1. The fraction of sp³-hybridized carbons (Fsp3) is 0.400. The Morgan fingerprint density at radius 2 is 2.21 bits per heavy atom. The number of hydrogen-bond donors (Lipinski definition) is 1. The van der Waals surface area contributed by atoms with Crippen LogP contribution in [0.1, 0.15) is 12.8 Å². The zero-order valence-corrected chi connectivity index (χ0v) is 12.6. The smallest absolute Gasteiger partial charge is 0.393 e. The van der Waals surface area contributed by atoms with E-state index < -0.39 is 18.1 Å². The lowest BCUT2D eigenvalue weighted by atomic mass is 9.98. The summed E-state index contributed by atoms with van der Waals surface area (Å²) in [7, 11) is 0. The van der Waals surface area contributed by atoms with E-state index >= 15 is 0 Å². The van der Waals surface area contributed by atoms with Gasteiger partial charge in [-0.25, -0.2) is 4.79 Å². The van der Waals surface area contributed by atoms with E-state index in [1.165, 1.54) is 11.3 Å². The van der Waals surface area contributed by atoms with Crippen molar-refractivity contribution in [2.45, 2.75) is 19.0 Å². The summed E-state index contributed by atoms with van der Waals surface area (Å²) in [5, 5.41) is 9.96. The molecular weight excluding hydrogens is 325 g/mol. The molecule has 6 nitrogen and oxygen atoms in total. The molecule has 3 rings (SSSR count). The maximum atomic E-state index is 12.8. The highest BCUT2D eigenvalue weighted by Crippen LogP contribution is 2.33. The fourth-order valence-electron chi connectivity index (χ4n) is 2.66. The molecule has 1 unspecified atom stereocenters. The van der Waals surface area contributed by atoms with Crippen molar-refractivity contribution in [1.29, 1.82) is 0 Å². The molecule has 24 heavy (non-hydrogen) atoms. The number of likely N-dealkylation sites (tertiary alicyclic amines) is 1. The summed E-state index contributed by atoms with van der Waals surface area (Å²) < 4.78 is 43.6. The monoisotopic (exact) mass is 340 g/mol. The van der Waals surface area contributed by atoms with Crippen molar-refractivity contribution in [3.05, 3.63) is 30.7 Å². The second-order valence-electron chi connectivity index (χ2n) is 5.58. The quantitative estimate of drug-likeness (QED) is 0.908. The number of hydrogen-bond acceptors (Lipinski definition) is 4. The lowest BCUT2D eigenvalue weighted by Gasteiger charge is -2.33. The molecule has 128 valence electrons. The van der Waals surface area contributed by atoms with E-state index in [9.17, 15) is 18.0 Å². The first kappa shape index (κ1) is 16.3. The normalized spacial score (nSPS) is 18.5. The lowest BCUT2D eigenvalue weighted by molar-refractivity contribution is -0.183. The first-order valence-electron chi connectivity index (χ1n) is 7.43. The third-order valence-electron chi connectivity index (χ3n) is 3.89. The van der Waals surface area contributed by atoms with Gasteiger partial charge in [0.25, 0.3) is 0 Å². The zero-order chi connectivity index (χ0) is 17.2. The Kier molecular flexibility index (Phi) is 4.41. The van der Waals surface area contributed by atoms with Gasteiger partial charge in [-0.05, 0) is 31.0 Å². The van der Waals surface area contributed by atoms with E-state index in [1.807, 2.05) is 0 Å².